The maximum Gasteiger partial charge on any atom is 0.433 e. The Balaban J connectivity index is 2.15. The molecule has 7 heteroatoms. The first-order chi connectivity index (χ1) is 9.36. The Bertz CT molecular complexity index is 584. The second-order valence-corrected chi connectivity index (χ2v) is 4.62. The number of aromatic nitrogens is 2. The van der Waals surface area contributed by atoms with E-state index >= 15 is 0 Å². The minimum atomic E-state index is -4.48. The Kier molecular flexibility index (Phi) is 4.13. The van der Waals surface area contributed by atoms with E-state index in [4.69, 9.17) is 11.6 Å². The summed E-state index contributed by atoms with van der Waals surface area (Å²) < 4.78 is 37.6. The smallest absolute Gasteiger partial charge is 0.348 e. The Morgan fingerprint density at radius 3 is 2.40 bits per heavy atom. The van der Waals surface area contributed by atoms with Crippen molar-refractivity contribution in [2.45, 2.75) is 19.1 Å². The molecule has 1 N–H and O–H groups in total. The Hall–Kier alpha value is -1.82. The summed E-state index contributed by atoms with van der Waals surface area (Å²) in [4.78, 5) is 7.24. The molecule has 0 aliphatic heterocycles. The molecule has 0 bridgehead atoms. The first-order valence-corrected chi connectivity index (χ1v) is 6.16. The van der Waals surface area contributed by atoms with E-state index in [0.29, 0.717) is 5.02 Å². The van der Waals surface area contributed by atoms with E-state index in [1.807, 2.05) is 0 Å². The van der Waals surface area contributed by atoms with Crippen molar-refractivity contribution in [3.05, 3.63) is 52.8 Å². The second kappa shape index (κ2) is 5.66. The highest BCUT2D eigenvalue weighted by atomic mass is 35.5. The predicted molar refractivity (Wildman–Crippen MR) is 70.5 cm³/mol. The summed E-state index contributed by atoms with van der Waals surface area (Å²) in [5.74, 6) is -0.0673. The van der Waals surface area contributed by atoms with Crippen molar-refractivity contribution in [3.8, 4) is 0 Å². The highest BCUT2D eigenvalue weighted by molar-refractivity contribution is 6.30. The van der Waals surface area contributed by atoms with E-state index in [2.05, 4.69) is 15.3 Å². The summed E-state index contributed by atoms with van der Waals surface area (Å²) in [6.45, 7) is 1.80. The molecule has 20 heavy (non-hydrogen) atoms. The van der Waals surface area contributed by atoms with Gasteiger partial charge in [0, 0.05) is 11.2 Å². The quantitative estimate of drug-likeness (QED) is 0.917. The fourth-order valence-electron chi connectivity index (χ4n) is 1.61. The van der Waals surface area contributed by atoms with E-state index < -0.39 is 11.9 Å². The van der Waals surface area contributed by atoms with Crippen molar-refractivity contribution in [1.29, 1.82) is 0 Å². The molecule has 1 aromatic heterocycles. The lowest BCUT2D eigenvalue weighted by Gasteiger charge is -2.15. The zero-order chi connectivity index (χ0) is 14.8. The van der Waals surface area contributed by atoms with E-state index in [1.165, 1.54) is 0 Å². The molecular formula is C13H11ClF3N3. The van der Waals surface area contributed by atoms with Crippen molar-refractivity contribution in [2.75, 3.05) is 5.32 Å². The van der Waals surface area contributed by atoms with Gasteiger partial charge in [0.25, 0.3) is 0 Å². The van der Waals surface area contributed by atoms with Crippen molar-refractivity contribution < 1.29 is 13.2 Å². The van der Waals surface area contributed by atoms with Crippen LogP contribution in [-0.2, 0) is 6.18 Å². The first kappa shape index (κ1) is 14.6. The average molecular weight is 302 g/mol. The van der Waals surface area contributed by atoms with Crippen LogP contribution in [0, 0.1) is 0 Å². The van der Waals surface area contributed by atoms with Crippen LogP contribution in [0.2, 0.25) is 5.02 Å². The van der Waals surface area contributed by atoms with Gasteiger partial charge in [0.05, 0.1) is 6.04 Å². The summed E-state index contributed by atoms with van der Waals surface area (Å²) in [7, 11) is 0. The number of nitrogens with zero attached hydrogens (tertiary/aromatic N) is 2. The van der Waals surface area contributed by atoms with Crippen LogP contribution in [0.5, 0.6) is 0 Å². The summed E-state index contributed by atoms with van der Waals surface area (Å²) >= 11 is 5.78. The molecule has 0 saturated carbocycles. The molecule has 0 radical (unpaired) electrons. The van der Waals surface area contributed by atoms with Crippen LogP contribution in [0.4, 0.5) is 19.1 Å². The van der Waals surface area contributed by atoms with Gasteiger partial charge in [-0.1, -0.05) is 23.7 Å². The molecule has 2 rings (SSSR count). The second-order valence-electron chi connectivity index (χ2n) is 4.18. The van der Waals surface area contributed by atoms with E-state index in [0.717, 1.165) is 17.8 Å². The third-order valence-corrected chi connectivity index (χ3v) is 2.91. The molecule has 106 valence electrons. The molecule has 3 nitrogen and oxygen atoms in total. The van der Waals surface area contributed by atoms with Crippen LogP contribution >= 0.6 is 11.6 Å². The molecule has 2 aromatic rings. The number of hydrogen-bond acceptors (Lipinski definition) is 3. The van der Waals surface area contributed by atoms with Crippen LogP contribution < -0.4 is 5.32 Å². The zero-order valence-corrected chi connectivity index (χ0v) is 11.2. The van der Waals surface area contributed by atoms with Crippen molar-refractivity contribution in [2.24, 2.45) is 0 Å². The first-order valence-electron chi connectivity index (χ1n) is 5.78. The van der Waals surface area contributed by atoms with Crippen molar-refractivity contribution >= 4 is 17.5 Å². The standard InChI is InChI=1S/C13H11ClF3N3/c1-8(9-2-4-10(14)5-3-9)19-12-18-7-6-11(20-12)13(15,16)17/h2-8H,1H3,(H,18,19,20). The number of benzene rings is 1. The number of halogens is 4. The number of nitrogens with one attached hydrogen (secondary N) is 1. The van der Waals surface area contributed by atoms with Crippen molar-refractivity contribution in [3.63, 3.8) is 0 Å². The molecule has 1 unspecified atom stereocenters. The predicted octanol–water partition coefficient (Wildman–Crippen LogP) is 4.32. The van der Waals surface area contributed by atoms with Gasteiger partial charge < -0.3 is 5.32 Å². The molecule has 0 saturated heterocycles. The average Bonchev–Trinajstić information content (AvgIpc) is 2.38. The van der Waals surface area contributed by atoms with Gasteiger partial charge in [-0.05, 0) is 30.7 Å². The number of hydrogen-bond donors (Lipinski definition) is 1. The van der Waals surface area contributed by atoms with Gasteiger partial charge >= 0.3 is 6.18 Å². The highest BCUT2D eigenvalue weighted by Crippen LogP contribution is 2.28. The Morgan fingerprint density at radius 1 is 1.15 bits per heavy atom. The van der Waals surface area contributed by atoms with Gasteiger partial charge in [0.15, 0.2) is 0 Å². The molecule has 0 amide bonds. The van der Waals surface area contributed by atoms with Crippen LogP contribution in [-0.4, -0.2) is 9.97 Å². The maximum absolute atomic E-state index is 12.5. The van der Waals surface area contributed by atoms with Crippen molar-refractivity contribution in [1.82, 2.24) is 9.97 Å². The minimum absolute atomic E-state index is 0.0673. The van der Waals surface area contributed by atoms with Gasteiger partial charge in [-0.2, -0.15) is 13.2 Å². The van der Waals surface area contributed by atoms with Crippen LogP contribution in [0.25, 0.3) is 0 Å². The molecule has 1 atom stereocenters. The van der Waals surface area contributed by atoms with Gasteiger partial charge in [-0.15, -0.1) is 0 Å². The fourth-order valence-corrected chi connectivity index (χ4v) is 1.74. The third-order valence-electron chi connectivity index (χ3n) is 2.66. The number of anilines is 1. The summed E-state index contributed by atoms with van der Waals surface area (Å²) in [6, 6.07) is 7.58. The van der Waals surface area contributed by atoms with Gasteiger partial charge in [0.1, 0.15) is 5.69 Å². The van der Waals surface area contributed by atoms with E-state index in [1.54, 1.807) is 31.2 Å². The highest BCUT2D eigenvalue weighted by Gasteiger charge is 2.32. The Morgan fingerprint density at radius 2 is 1.80 bits per heavy atom. The normalized spacial score (nSPS) is 13.1. The van der Waals surface area contributed by atoms with Gasteiger partial charge in [0.2, 0.25) is 5.95 Å². The molecule has 0 fully saturated rings. The summed E-state index contributed by atoms with van der Waals surface area (Å²) in [5.41, 5.74) is -0.103. The lowest BCUT2D eigenvalue weighted by Crippen LogP contribution is -2.13. The minimum Gasteiger partial charge on any atom is -0.348 e. The third kappa shape index (κ3) is 3.60. The molecule has 0 spiro atoms. The molecule has 1 heterocycles. The monoisotopic (exact) mass is 301 g/mol. The van der Waals surface area contributed by atoms with Crippen LogP contribution in [0.1, 0.15) is 24.2 Å². The molecule has 1 aromatic carbocycles. The van der Waals surface area contributed by atoms with Crippen LogP contribution in [0.3, 0.4) is 0 Å². The summed E-state index contributed by atoms with van der Waals surface area (Å²) in [5, 5.41) is 3.42. The topological polar surface area (TPSA) is 37.8 Å². The zero-order valence-electron chi connectivity index (χ0n) is 10.4. The SMILES string of the molecule is CC(Nc1nccc(C(F)(F)F)n1)c1ccc(Cl)cc1. The van der Waals surface area contributed by atoms with E-state index in [9.17, 15) is 13.2 Å². The molecule has 0 aliphatic rings. The molecular weight excluding hydrogens is 291 g/mol. The Labute approximate surface area is 118 Å². The summed E-state index contributed by atoms with van der Waals surface area (Å²) in [6.07, 6.45) is -3.41. The van der Waals surface area contributed by atoms with Crippen LogP contribution in [0.15, 0.2) is 36.5 Å². The van der Waals surface area contributed by atoms with E-state index in [-0.39, 0.29) is 12.0 Å². The lowest BCUT2D eigenvalue weighted by molar-refractivity contribution is -0.141. The lowest BCUT2D eigenvalue weighted by atomic mass is 10.1. The fraction of sp³-hybridized carbons (Fsp3) is 0.231. The maximum atomic E-state index is 12.5. The molecule has 0 aliphatic carbocycles. The number of rotatable bonds is 3. The largest absolute Gasteiger partial charge is 0.433 e. The van der Waals surface area contributed by atoms with Gasteiger partial charge in [-0.25, -0.2) is 9.97 Å². The van der Waals surface area contributed by atoms with Gasteiger partial charge in [-0.3, -0.25) is 0 Å². The number of alkyl halides is 3.